The first-order valence-electron chi connectivity index (χ1n) is 9.47. The van der Waals surface area contributed by atoms with Crippen molar-refractivity contribution in [2.75, 3.05) is 13.7 Å². The molecule has 154 valence electrons. The van der Waals surface area contributed by atoms with Crippen LogP contribution in [0.25, 0.3) is 0 Å². The van der Waals surface area contributed by atoms with E-state index in [2.05, 4.69) is 5.16 Å². The van der Waals surface area contributed by atoms with Gasteiger partial charge in [-0.3, -0.25) is 4.79 Å². The lowest BCUT2D eigenvalue weighted by Gasteiger charge is -2.26. The first-order chi connectivity index (χ1) is 13.9. The molecule has 1 heterocycles. The quantitative estimate of drug-likeness (QED) is 0.602. The molecule has 0 saturated heterocycles. The number of nitrogens with zero attached hydrogens (tertiary/aromatic N) is 2. The van der Waals surface area contributed by atoms with Crippen LogP contribution < -0.4 is 4.74 Å². The Hall–Kier alpha value is -2.24. The normalized spacial score (nSPS) is 15.8. The molecule has 0 saturated carbocycles. The number of benzene rings is 2. The molecule has 0 aromatic heterocycles. The van der Waals surface area contributed by atoms with Crippen LogP contribution in [0.15, 0.2) is 47.6 Å². The van der Waals surface area contributed by atoms with E-state index in [9.17, 15) is 4.79 Å². The molecule has 1 aliphatic rings. The van der Waals surface area contributed by atoms with Crippen molar-refractivity contribution in [3.63, 3.8) is 0 Å². The molecule has 1 atom stereocenters. The molecule has 1 aliphatic heterocycles. The van der Waals surface area contributed by atoms with Crippen molar-refractivity contribution in [3.05, 3.63) is 63.6 Å². The third kappa shape index (κ3) is 5.43. The van der Waals surface area contributed by atoms with Gasteiger partial charge in [0.25, 0.3) is 0 Å². The van der Waals surface area contributed by atoms with Gasteiger partial charge in [-0.15, -0.1) is 0 Å². The van der Waals surface area contributed by atoms with E-state index in [-0.39, 0.29) is 17.9 Å². The Bertz CT molecular complexity index is 915. The highest BCUT2D eigenvalue weighted by atomic mass is 35.5. The molecule has 0 N–H and O–H groups in total. The van der Waals surface area contributed by atoms with Crippen LogP contribution >= 0.6 is 23.2 Å². The van der Waals surface area contributed by atoms with Gasteiger partial charge in [0, 0.05) is 24.4 Å². The maximum atomic E-state index is 12.8. The highest BCUT2D eigenvalue weighted by Gasteiger charge is 2.28. The number of carbonyl (C=O) groups is 1. The third-order valence-corrected chi connectivity index (χ3v) is 5.46. The summed E-state index contributed by atoms with van der Waals surface area (Å²) in [5.74, 6) is 0.721. The molecule has 3 rings (SSSR count). The molecule has 0 fully saturated rings. The zero-order valence-electron chi connectivity index (χ0n) is 16.7. The van der Waals surface area contributed by atoms with Crippen molar-refractivity contribution in [1.82, 2.24) is 4.90 Å². The molecule has 0 radical (unpaired) electrons. The average Bonchev–Trinajstić information content (AvgIpc) is 3.17. The van der Waals surface area contributed by atoms with E-state index >= 15 is 0 Å². The summed E-state index contributed by atoms with van der Waals surface area (Å²) in [6.45, 7) is 4.72. The Morgan fingerprint density at radius 1 is 1.24 bits per heavy atom. The summed E-state index contributed by atoms with van der Waals surface area (Å²) < 4.78 is 5.29. The van der Waals surface area contributed by atoms with Gasteiger partial charge >= 0.3 is 0 Å². The lowest BCUT2D eigenvalue weighted by molar-refractivity contribution is -0.136. The highest BCUT2D eigenvalue weighted by molar-refractivity contribution is 6.42. The SMILES string of the molecule is COc1cccc(CN(C[C@@H]2CC(c3ccc(Cl)c(Cl)c3)=NO2)C(=O)C(C)C)c1. The zero-order valence-corrected chi connectivity index (χ0v) is 18.2. The summed E-state index contributed by atoms with van der Waals surface area (Å²) in [6.07, 6.45) is 0.380. The molecular weight excluding hydrogens is 411 g/mol. The van der Waals surface area contributed by atoms with Crippen LogP contribution in [0, 0.1) is 5.92 Å². The second kappa shape index (κ2) is 9.51. The molecule has 1 amide bonds. The minimum Gasteiger partial charge on any atom is -0.497 e. The molecule has 0 bridgehead atoms. The molecule has 5 nitrogen and oxygen atoms in total. The average molecular weight is 435 g/mol. The predicted octanol–water partition coefficient (Wildman–Crippen LogP) is 5.18. The van der Waals surface area contributed by atoms with Gasteiger partial charge in [-0.05, 0) is 29.8 Å². The van der Waals surface area contributed by atoms with Crippen LogP contribution in [0.2, 0.25) is 10.0 Å². The van der Waals surface area contributed by atoms with Crippen molar-refractivity contribution in [1.29, 1.82) is 0 Å². The molecule has 0 aliphatic carbocycles. The Morgan fingerprint density at radius 2 is 2.03 bits per heavy atom. The van der Waals surface area contributed by atoms with Gasteiger partial charge in [-0.2, -0.15) is 0 Å². The summed E-state index contributed by atoms with van der Waals surface area (Å²) in [5, 5.41) is 5.18. The number of rotatable bonds is 7. The predicted molar refractivity (Wildman–Crippen MR) is 116 cm³/mol. The summed E-state index contributed by atoms with van der Waals surface area (Å²) in [4.78, 5) is 20.2. The van der Waals surface area contributed by atoms with E-state index in [1.54, 1.807) is 19.2 Å². The number of hydrogen-bond donors (Lipinski definition) is 0. The summed E-state index contributed by atoms with van der Waals surface area (Å²) >= 11 is 12.1. The minimum absolute atomic E-state index is 0.0689. The fourth-order valence-electron chi connectivity index (χ4n) is 3.21. The van der Waals surface area contributed by atoms with Crippen LogP contribution in [0.5, 0.6) is 5.75 Å². The monoisotopic (exact) mass is 434 g/mol. The van der Waals surface area contributed by atoms with Crippen LogP contribution in [-0.2, 0) is 16.2 Å². The van der Waals surface area contributed by atoms with Gasteiger partial charge in [0.2, 0.25) is 5.91 Å². The van der Waals surface area contributed by atoms with Crippen molar-refractivity contribution in [2.45, 2.75) is 32.9 Å². The summed E-state index contributed by atoms with van der Waals surface area (Å²) in [5.41, 5.74) is 2.67. The van der Waals surface area contributed by atoms with Crippen molar-refractivity contribution in [3.8, 4) is 5.75 Å². The molecule has 0 spiro atoms. The molecule has 2 aromatic rings. The van der Waals surface area contributed by atoms with Crippen molar-refractivity contribution in [2.24, 2.45) is 11.1 Å². The lowest BCUT2D eigenvalue weighted by atomic mass is 10.0. The topological polar surface area (TPSA) is 51.1 Å². The summed E-state index contributed by atoms with van der Waals surface area (Å²) in [6, 6.07) is 13.1. The number of carbonyl (C=O) groups excluding carboxylic acids is 1. The van der Waals surface area contributed by atoms with Gasteiger partial charge in [-0.1, -0.05) is 60.4 Å². The van der Waals surface area contributed by atoms with E-state index < -0.39 is 0 Å². The van der Waals surface area contributed by atoms with Crippen LogP contribution in [0.4, 0.5) is 0 Å². The van der Waals surface area contributed by atoms with Crippen molar-refractivity contribution < 1.29 is 14.4 Å². The Balaban J connectivity index is 1.70. The molecule has 2 aromatic carbocycles. The first-order valence-corrected chi connectivity index (χ1v) is 10.2. The number of oxime groups is 1. The highest BCUT2D eigenvalue weighted by Crippen LogP contribution is 2.26. The van der Waals surface area contributed by atoms with E-state index in [0.29, 0.717) is 29.6 Å². The maximum Gasteiger partial charge on any atom is 0.225 e. The summed E-state index contributed by atoms with van der Waals surface area (Å²) in [7, 11) is 1.63. The Labute approximate surface area is 181 Å². The Kier molecular flexibility index (Phi) is 7.04. The van der Waals surface area contributed by atoms with Gasteiger partial charge in [-0.25, -0.2) is 0 Å². The van der Waals surface area contributed by atoms with Gasteiger partial charge in [0.15, 0.2) is 6.10 Å². The number of ether oxygens (including phenoxy) is 1. The first kappa shape index (κ1) is 21.5. The van der Waals surface area contributed by atoms with E-state index in [1.807, 2.05) is 49.1 Å². The molecule has 0 unspecified atom stereocenters. The van der Waals surface area contributed by atoms with E-state index in [4.69, 9.17) is 32.8 Å². The lowest BCUT2D eigenvalue weighted by Crippen LogP contribution is -2.39. The minimum atomic E-state index is -0.215. The smallest absolute Gasteiger partial charge is 0.225 e. The molecular formula is C22H24Cl2N2O3. The second-order valence-electron chi connectivity index (χ2n) is 7.32. The van der Waals surface area contributed by atoms with Gasteiger partial charge in [0.1, 0.15) is 5.75 Å². The van der Waals surface area contributed by atoms with E-state index in [1.165, 1.54) is 0 Å². The number of amides is 1. The number of methoxy groups -OCH3 is 1. The fourth-order valence-corrected chi connectivity index (χ4v) is 3.51. The second-order valence-corrected chi connectivity index (χ2v) is 8.14. The van der Waals surface area contributed by atoms with Gasteiger partial charge < -0.3 is 14.5 Å². The fraction of sp³-hybridized carbons (Fsp3) is 0.364. The van der Waals surface area contributed by atoms with Crippen molar-refractivity contribution >= 4 is 34.8 Å². The number of hydrogen-bond acceptors (Lipinski definition) is 4. The molecule has 7 heteroatoms. The largest absolute Gasteiger partial charge is 0.497 e. The third-order valence-electron chi connectivity index (χ3n) is 4.72. The van der Waals surface area contributed by atoms with Crippen LogP contribution in [-0.4, -0.2) is 36.3 Å². The van der Waals surface area contributed by atoms with E-state index in [0.717, 1.165) is 22.6 Å². The maximum absolute atomic E-state index is 12.8. The standard InChI is InChI=1S/C22H24Cl2N2O3/c1-14(2)22(27)26(12-15-5-4-6-17(9-15)28-3)13-18-11-21(25-29-18)16-7-8-19(23)20(24)10-16/h4-10,14,18H,11-13H2,1-3H3/t18-/m0/s1. The van der Waals surface area contributed by atoms with Crippen LogP contribution in [0.3, 0.4) is 0 Å². The molecule has 29 heavy (non-hydrogen) atoms. The zero-order chi connectivity index (χ0) is 21.0. The van der Waals surface area contributed by atoms with Crippen LogP contribution in [0.1, 0.15) is 31.4 Å². The Morgan fingerprint density at radius 3 is 2.72 bits per heavy atom. The number of halogens is 2. The van der Waals surface area contributed by atoms with Gasteiger partial charge in [0.05, 0.1) is 29.4 Å².